The quantitative estimate of drug-likeness (QED) is 0.308. The molecule has 1 unspecified atom stereocenters. The van der Waals surface area contributed by atoms with Gasteiger partial charge in [-0.1, -0.05) is 12.1 Å². The minimum Gasteiger partial charge on any atom is -0.504 e. The Morgan fingerprint density at radius 3 is 2.38 bits per heavy atom. The van der Waals surface area contributed by atoms with E-state index >= 15 is 0 Å². The third-order valence-corrected chi connectivity index (χ3v) is 7.34. The molecule has 0 bridgehead atoms. The maximum atomic E-state index is 13.9. The second-order valence-electron chi connectivity index (χ2n) is 9.74. The molecule has 3 atom stereocenters. The Morgan fingerprint density at radius 1 is 0.950 bits per heavy atom. The zero-order valence-corrected chi connectivity index (χ0v) is 23.7. The average molecular weight is 552 g/mol. The molecule has 214 valence electrons. The van der Waals surface area contributed by atoms with E-state index in [0.717, 1.165) is 5.56 Å². The normalized spacial score (nSPS) is 20.5. The van der Waals surface area contributed by atoms with E-state index in [1.165, 1.54) is 6.07 Å². The second kappa shape index (κ2) is 13.0. The van der Waals surface area contributed by atoms with Gasteiger partial charge in [0.25, 0.3) is 0 Å². The molecule has 4 rings (SSSR count). The molecule has 0 spiro atoms. The summed E-state index contributed by atoms with van der Waals surface area (Å²) in [4.78, 5) is 32.1. The number of hydrogen-bond donors (Lipinski definition) is 1. The summed E-state index contributed by atoms with van der Waals surface area (Å²) in [7, 11) is 3.16. The van der Waals surface area contributed by atoms with Crippen molar-refractivity contribution in [3.8, 4) is 23.0 Å². The first-order valence-electron chi connectivity index (χ1n) is 13.6. The van der Waals surface area contributed by atoms with Gasteiger partial charge in [0.1, 0.15) is 12.5 Å². The highest BCUT2D eigenvalue weighted by atomic mass is 16.6. The van der Waals surface area contributed by atoms with Crippen LogP contribution in [0.15, 0.2) is 52.7 Å². The van der Waals surface area contributed by atoms with Gasteiger partial charge < -0.3 is 28.8 Å². The number of ether oxygens (including phenoxy) is 5. The Morgan fingerprint density at radius 2 is 1.68 bits per heavy atom. The molecule has 0 fully saturated rings. The highest BCUT2D eigenvalue weighted by Crippen LogP contribution is 2.48. The first-order valence-corrected chi connectivity index (χ1v) is 13.6. The van der Waals surface area contributed by atoms with Gasteiger partial charge in [0.15, 0.2) is 28.8 Å². The lowest BCUT2D eigenvalue weighted by Crippen LogP contribution is -2.38. The number of phenolic OH excluding ortho intramolecular Hbond substituents is 1. The molecular weight excluding hydrogens is 514 g/mol. The van der Waals surface area contributed by atoms with Crippen LogP contribution in [-0.4, -0.2) is 63.2 Å². The standard InChI is InChI=1S/C31H37NO8/c1-6-38-12-13-40-31(35)28-18(3)32-22-14-21(19-9-11-25(36-4)27(16-19)37-5)15-24(34)30(22)29(28)20-8-10-23(33)26(17-20)39-7-2/h8-11,16-17,21,28-29,33H,6-7,12-15H2,1-5H3/t21-,28?,29-/m0/s1. The summed E-state index contributed by atoms with van der Waals surface area (Å²) in [6.45, 7) is 6.73. The summed E-state index contributed by atoms with van der Waals surface area (Å²) >= 11 is 0. The molecule has 1 N–H and O–H groups in total. The van der Waals surface area contributed by atoms with Crippen molar-refractivity contribution in [1.29, 1.82) is 0 Å². The molecule has 0 amide bonds. The number of esters is 1. The van der Waals surface area contributed by atoms with E-state index in [4.69, 9.17) is 28.7 Å². The lowest BCUT2D eigenvalue weighted by atomic mass is 9.69. The van der Waals surface area contributed by atoms with Crippen LogP contribution in [0.1, 0.15) is 56.6 Å². The average Bonchev–Trinajstić information content (AvgIpc) is 2.95. The topological polar surface area (TPSA) is 113 Å². The van der Waals surface area contributed by atoms with Crippen LogP contribution >= 0.6 is 0 Å². The van der Waals surface area contributed by atoms with Crippen molar-refractivity contribution in [2.24, 2.45) is 10.9 Å². The number of phenols is 1. The van der Waals surface area contributed by atoms with Gasteiger partial charge in [0.2, 0.25) is 0 Å². The zero-order chi connectivity index (χ0) is 28.8. The molecule has 0 aromatic heterocycles. The van der Waals surface area contributed by atoms with Crippen LogP contribution in [0.4, 0.5) is 0 Å². The fourth-order valence-corrected chi connectivity index (χ4v) is 5.50. The van der Waals surface area contributed by atoms with Crippen molar-refractivity contribution in [3.05, 3.63) is 58.8 Å². The number of hydrogen-bond acceptors (Lipinski definition) is 9. The minimum absolute atomic E-state index is 0.0136. The van der Waals surface area contributed by atoms with E-state index in [2.05, 4.69) is 0 Å². The van der Waals surface area contributed by atoms with Crippen molar-refractivity contribution in [3.63, 3.8) is 0 Å². The van der Waals surface area contributed by atoms with Crippen LogP contribution in [0.3, 0.4) is 0 Å². The van der Waals surface area contributed by atoms with Crippen molar-refractivity contribution in [2.45, 2.75) is 45.4 Å². The highest BCUT2D eigenvalue weighted by molar-refractivity contribution is 6.09. The Hall–Kier alpha value is -3.85. The molecule has 9 nitrogen and oxygen atoms in total. The SMILES string of the molecule is CCOCCOC(=O)C1C(C)=NC2=C(C(=O)C[C@@H](c3ccc(OC)c(OC)c3)C2)[C@H]1c1ccc(O)c(OCC)c1. The van der Waals surface area contributed by atoms with Crippen molar-refractivity contribution < 1.29 is 38.4 Å². The zero-order valence-electron chi connectivity index (χ0n) is 23.7. The first-order chi connectivity index (χ1) is 19.3. The fraction of sp³-hybridized carbons (Fsp3) is 0.452. The maximum absolute atomic E-state index is 13.9. The van der Waals surface area contributed by atoms with Crippen molar-refractivity contribution in [1.82, 2.24) is 0 Å². The van der Waals surface area contributed by atoms with Gasteiger partial charge in [0, 0.05) is 35.9 Å². The van der Waals surface area contributed by atoms with Crippen LogP contribution in [-0.2, 0) is 19.1 Å². The van der Waals surface area contributed by atoms with E-state index < -0.39 is 17.8 Å². The maximum Gasteiger partial charge on any atom is 0.315 e. The van der Waals surface area contributed by atoms with Gasteiger partial charge in [0.05, 0.1) is 27.4 Å². The number of rotatable bonds is 11. The van der Waals surface area contributed by atoms with E-state index in [-0.39, 0.29) is 42.8 Å². The number of nitrogens with zero attached hydrogens (tertiary/aromatic N) is 1. The summed E-state index contributed by atoms with van der Waals surface area (Å²) in [5, 5.41) is 10.3. The summed E-state index contributed by atoms with van der Waals surface area (Å²) in [5.41, 5.74) is 3.34. The van der Waals surface area contributed by atoms with Gasteiger partial charge in [-0.3, -0.25) is 14.6 Å². The molecule has 40 heavy (non-hydrogen) atoms. The molecule has 1 aliphatic carbocycles. The van der Waals surface area contributed by atoms with Crippen LogP contribution in [0.25, 0.3) is 0 Å². The van der Waals surface area contributed by atoms with E-state index in [1.807, 2.05) is 32.0 Å². The van der Waals surface area contributed by atoms with E-state index in [0.29, 0.717) is 53.7 Å². The predicted molar refractivity (Wildman–Crippen MR) is 150 cm³/mol. The van der Waals surface area contributed by atoms with Crippen molar-refractivity contribution >= 4 is 17.5 Å². The Kier molecular flexibility index (Phi) is 9.47. The third-order valence-electron chi connectivity index (χ3n) is 7.34. The molecule has 2 aromatic carbocycles. The Labute approximate surface area is 234 Å². The molecule has 2 aromatic rings. The molecule has 2 aliphatic rings. The van der Waals surface area contributed by atoms with Crippen LogP contribution in [0.2, 0.25) is 0 Å². The number of carbonyl (C=O) groups excluding carboxylic acids is 2. The Bertz CT molecular complexity index is 1310. The number of aromatic hydroxyl groups is 1. The summed E-state index contributed by atoms with van der Waals surface area (Å²) in [6, 6.07) is 10.6. The number of carbonyl (C=O) groups is 2. The number of methoxy groups -OCH3 is 2. The minimum atomic E-state index is -0.805. The largest absolute Gasteiger partial charge is 0.504 e. The predicted octanol–water partition coefficient (Wildman–Crippen LogP) is 4.96. The molecule has 1 heterocycles. The van der Waals surface area contributed by atoms with Gasteiger partial charge in [-0.25, -0.2) is 0 Å². The third kappa shape index (κ3) is 5.99. The van der Waals surface area contributed by atoms with Crippen LogP contribution in [0.5, 0.6) is 23.0 Å². The Balaban J connectivity index is 1.75. The fourth-order valence-electron chi connectivity index (χ4n) is 5.50. The smallest absolute Gasteiger partial charge is 0.315 e. The summed E-state index contributed by atoms with van der Waals surface area (Å²) < 4.78 is 27.4. The number of Topliss-reactive ketones (excluding diaryl/α,β-unsaturated/α-hetero) is 1. The lowest BCUT2D eigenvalue weighted by Gasteiger charge is -2.36. The van der Waals surface area contributed by atoms with Gasteiger partial charge >= 0.3 is 5.97 Å². The highest BCUT2D eigenvalue weighted by Gasteiger charge is 2.45. The number of benzene rings is 2. The molecule has 0 radical (unpaired) electrons. The summed E-state index contributed by atoms with van der Waals surface area (Å²) in [6.07, 6.45) is 0.773. The number of aliphatic imine (C=N–C) groups is 1. The van der Waals surface area contributed by atoms with Crippen LogP contribution in [0, 0.1) is 5.92 Å². The first kappa shape index (κ1) is 29.1. The number of ketones is 1. The monoisotopic (exact) mass is 551 g/mol. The number of allylic oxidation sites excluding steroid dienone is 2. The molecule has 0 saturated heterocycles. The molecule has 1 aliphatic heterocycles. The molecular formula is C31H37NO8. The van der Waals surface area contributed by atoms with Crippen LogP contribution < -0.4 is 14.2 Å². The van der Waals surface area contributed by atoms with E-state index in [9.17, 15) is 14.7 Å². The van der Waals surface area contributed by atoms with Crippen molar-refractivity contribution in [2.75, 3.05) is 40.6 Å². The lowest BCUT2D eigenvalue weighted by molar-refractivity contribution is -0.148. The van der Waals surface area contributed by atoms with Gasteiger partial charge in [-0.2, -0.15) is 0 Å². The second-order valence-corrected chi connectivity index (χ2v) is 9.74. The van der Waals surface area contributed by atoms with E-state index in [1.54, 1.807) is 33.3 Å². The van der Waals surface area contributed by atoms with Gasteiger partial charge in [-0.05, 0) is 68.5 Å². The van der Waals surface area contributed by atoms with Gasteiger partial charge in [-0.15, -0.1) is 0 Å². The summed E-state index contributed by atoms with van der Waals surface area (Å²) in [5.74, 6) is -0.626. The molecule has 0 saturated carbocycles. The molecule has 9 heteroatoms.